The van der Waals surface area contributed by atoms with Crippen molar-refractivity contribution in [2.45, 2.75) is 64.5 Å². The minimum atomic E-state index is -0.925. The molecule has 0 radical (unpaired) electrons. The van der Waals surface area contributed by atoms with Crippen LogP contribution in [0.1, 0.15) is 69.7 Å². The Morgan fingerprint density at radius 1 is 0.667 bits per heavy atom. The maximum absolute atomic E-state index is 10.2. The summed E-state index contributed by atoms with van der Waals surface area (Å²) in [6.07, 6.45) is -0.925. The van der Waals surface area contributed by atoms with E-state index in [0.29, 0.717) is 0 Å². The van der Waals surface area contributed by atoms with Gasteiger partial charge < -0.3 is 10.8 Å². The van der Waals surface area contributed by atoms with Gasteiger partial charge in [-0.15, -0.1) is 0 Å². The van der Waals surface area contributed by atoms with E-state index in [4.69, 9.17) is 5.73 Å². The number of hydrogen-bond acceptors (Lipinski definition) is 2. The molecule has 0 saturated heterocycles. The first-order valence-electron chi connectivity index (χ1n) is 8.64. The van der Waals surface area contributed by atoms with Crippen LogP contribution in [0.25, 0.3) is 0 Å². The molecule has 0 aromatic heterocycles. The molecule has 2 aromatic carbocycles. The zero-order chi connectivity index (χ0) is 18.1. The van der Waals surface area contributed by atoms with Crippen molar-refractivity contribution >= 4 is 0 Å². The van der Waals surface area contributed by atoms with Crippen molar-refractivity contribution in [1.82, 2.24) is 0 Å². The Morgan fingerprint density at radius 2 is 0.958 bits per heavy atom. The normalized spacial score (nSPS) is 14.0. The van der Waals surface area contributed by atoms with Crippen molar-refractivity contribution in [1.29, 1.82) is 0 Å². The van der Waals surface area contributed by atoms with Gasteiger partial charge in [-0.3, -0.25) is 0 Å². The average Bonchev–Trinajstić information content (AvgIpc) is 2.46. The molecule has 0 aliphatic heterocycles. The van der Waals surface area contributed by atoms with Gasteiger partial charge in [0.05, 0.1) is 0 Å². The highest BCUT2D eigenvalue weighted by atomic mass is 16.3. The first kappa shape index (κ1) is 18.7. The highest BCUT2D eigenvalue weighted by Gasteiger charge is 2.22. The van der Waals surface area contributed by atoms with Crippen molar-refractivity contribution < 1.29 is 5.11 Å². The van der Waals surface area contributed by atoms with Crippen molar-refractivity contribution in [3.05, 3.63) is 70.8 Å². The number of aliphatic hydroxyl groups is 1. The highest BCUT2D eigenvalue weighted by Crippen LogP contribution is 2.31. The second-order valence-corrected chi connectivity index (χ2v) is 8.71. The fourth-order valence-electron chi connectivity index (χ4n) is 2.97. The molecule has 0 amide bonds. The van der Waals surface area contributed by atoms with E-state index >= 15 is 0 Å². The Balaban J connectivity index is 2.36. The SMILES string of the molecule is CC(C)(C)c1ccc(C(c2ccc(C(C)(C)C)cc2)C(N)O)cc1. The predicted octanol–water partition coefficient (Wildman–Crippen LogP) is 4.69. The molecule has 2 aromatic rings. The van der Waals surface area contributed by atoms with Gasteiger partial charge in [0, 0.05) is 5.92 Å². The van der Waals surface area contributed by atoms with Gasteiger partial charge in [-0.25, -0.2) is 0 Å². The number of aliphatic hydroxyl groups excluding tert-OH is 1. The van der Waals surface area contributed by atoms with Crippen molar-refractivity contribution in [3.8, 4) is 0 Å². The molecule has 3 N–H and O–H groups in total. The first-order chi connectivity index (χ1) is 11.0. The minimum absolute atomic E-state index is 0.115. The molecule has 0 spiro atoms. The largest absolute Gasteiger partial charge is 0.378 e. The smallest absolute Gasteiger partial charge is 0.113 e. The van der Waals surface area contributed by atoms with Gasteiger partial charge in [0.25, 0.3) is 0 Å². The zero-order valence-corrected chi connectivity index (χ0v) is 15.8. The summed E-state index contributed by atoms with van der Waals surface area (Å²) in [4.78, 5) is 0. The maximum Gasteiger partial charge on any atom is 0.113 e. The summed E-state index contributed by atoms with van der Waals surface area (Å²) < 4.78 is 0. The van der Waals surface area contributed by atoms with Crippen molar-refractivity contribution in [2.24, 2.45) is 5.73 Å². The van der Waals surface area contributed by atoms with Crippen LogP contribution in [0.2, 0.25) is 0 Å². The molecule has 0 aliphatic rings. The van der Waals surface area contributed by atoms with E-state index < -0.39 is 6.23 Å². The monoisotopic (exact) mass is 325 g/mol. The van der Waals surface area contributed by atoms with Crippen LogP contribution in [0.15, 0.2) is 48.5 Å². The molecule has 0 saturated carbocycles. The third kappa shape index (κ3) is 4.25. The standard InChI is InChI=1S/C22H31NO/c1-21(2,3)17-11-7-15(8-12-17)19(20(23)24)16-9-13-18(14-10-16)22(4,5)6/h7-14,19-20,24H,23H2,1-6H3. The maximum atomic E-state index is 10.2. The van der Waals surface area contributed by atoms with Gasteiger partial charge in [-0.1, -0.05) is 90.1 Å². The Labute approximate surface area is 146 Å². The fraction of sp³-hybridized carbons (Fsp3) is 0.455. The van der Waals surface area contributed by atoms with Gasteiger partial charge in [0.1, 0.15) is 6.23 Å². The zero-order valence-electron chi connectivity index (χ0n) is 15.8. The Kier molecular flexibility index (Phi) is 5.22. The summed E-state index contributed by atoms with van der Waals surface area (Å²) in [5.74, 6) is -0.215. The molecule has 2 heteroatoms. The van der Waals surface area contributed by atoms with Crippen LogP contribution in [-0.2, 0) is 10.8 Å². The molecule has 0 heterocycles. The average molecular weight is 325 g/mol. The molecule has 2 rings (SSSR count). The van der Waals surface area contributed by atoms with Crippen LogP contribution in [0.3, 0.4) is 0 Å². The van der Waals surface area contributed by atoms with E-state index in [0.717, 1.165) is 11.1 Å². The second-order valence-electron chi connectivity index (χ2n) is 8.71. The molecule has 2 nitrogen and oxygen atoms in total. The highest BCUT2D eigenvalue weighted by molar-refractivity contribution is 5.38. The van der Waals surface area contributed by atoms with Crippen molar-refractivity contribution in [3.63, 3.8) is 0 Å². The van der Waals surface area contributed by atoms with E-state index in [-0.39, 0.29) is 16.7 Å². The van der Waals surface area contributed by atoms with Crippen LogP contribution >= 0.6 is 0 Å². The summed E-state index contributed by atoms with van der Waals surface area (Å²) >= 11 is 0. The summed E-state index contributed by atoms with van der Waals surface area (Å²) in [6.45, 7) is 13.2. The number of hydrogen-bond donors (Lipinski definition) is 2. The van der Waals surface area contributed by atoms with E-state index in [1.165, 1.54) is 11.1 Å². The lowest BCUT2D eigenvalue weighted by atomic mass is 9.82. The van der Waals surface area contributed by atoms with Gasteiger partial charge in [-0.2, -0.15) is 0 Å². The topological polar surface area (TPSA) is 46.2 Å². The number of rotatable bonds is 3. The van der Waals surface area contributed by atoms with E-state index in [2.05, 4.69) is 90.1 Å². The summed E-state index contributed by atoms with van der Waals surface area (Å²) in [7, 11) is 0. The van der Waals surface area contributed by atoms with Gasteiger partial charge in [0.15, 0.2) is 0 Å². The van der Waals surface area contributed by atoms with E-state index in [1.54, 1.807) is 0 Å². The van der Waals surface area contributed by atoms with E-state index in [1.807, 2.05) is 0 Å². The molecular weight excluding hydrogens is 294 g/mol. The molecule has 24 heavy (non-hydrogen) atoms. The van der Waals surface area contributed by atoms with Gasteiger partial charge >= 0.3 is 0 Å². The Morgan fingerprint density at radius 3 is 1.17 bits per heavy atom. The lowest BCUT2D eigenvalue weighted by Gasteiger charge is -2.25. The van der Waals surface area contributed by atoms with Crippen LogP contribution in [0.5, 0.6) is 0 Å². The molecule has 1 atom stereocenters. The minimum Gasteiger partial charge on any atom is -0.378 e. The van der Waals surface area contributed by atoms with Crippen LogP contribution < -0.4 is 5.73 Å². The Hall–Kier alpha value is -1.64. The molecular formula is C22H31NO. The summed E-state index contributed by atoms with van der Waals surface area (Å²) in [5.41, 5.74) is 10.8. The van der Waals surface area contributed by atoms with E-state index in [9.17, 15) is 5.11 Å². The molecule has 0 bridgehead atoms. The molecule has 1 unspecified atom stereocenters. The lowest BCUT2D eigenvalue weighted by Crippen LogP contribution is -2.28. The van der Waals surface area contributed by atoms with Crippen LogP contribution in [-0.4, -0.2) is 11.3 Å². The molecule has 0 aliphatic carbocycles. The first-order valence-corrected chi connectivity index (χ1v) is 8.64. The number of benzene rings is 2. The third-order valence-electron chi connectivity index (χ3n) is 4.61. The van der Waals surface area contributed by atoms with Crippen LogP contribution in [0.4, 0.5) is 0 Å². The van der Waals surface area contributed by atoms with Gasteiger partial charge in [-0.05, 0) is 33.1 Å². The Bertz CT molecular complexity index is 598. The summed E-state index contributed by atoms with van der Waals surface area (Å²) in [6, 6.07) is 16.9. The quantitative estimate of drug-likeness (QED) is 0.804. The predicted molar refractivity (Wildman–Crippen MR) is 102 cm³/mol. The fourth-order valence-corrected chi connectivity index (χ4v) is 2.97. The summed E-state index contributed by atoms with van der Waals surface area (Å²) in [5, 5.41) is 10.2. The third-order valence-corrected chi connectivity index (χ3v) is 4.61. The van der Waals surface area contributed by atoms with Gasteiger partial charge in [0.2, 0.25) is 0 Å². The molecule has 0 fully saturated rings. The lowest BCUT2D eigenvalue weighted by molar-refractivity contribution is 0.164. The second kappa shape index (κ2) is 6.70. The van der Waals surface area contributed by atoms with Crippen molar-refractivity contribution in [2.75, 3.05) is 0 Å². The molecule has 130 valence electrons. The van der Waals surface area contributed by atoms with Crippen LogP contribution in [0, 0.1) is 0 Å². The number of nitrogens with two attached hydrogens (primary N) is 1.